The summed E-state index contributed by atoms with van der Waals surface area (Å²) in [5.74, 6) is -0.814. The Bertz CT molecular complexity index is 540. The highest BCUT2D eigenvalue weighted by molar-refractivity contribution is 5.92. The number of esters is 1. The van der Waals surface area contributed by atoms with Crippen LogP contribution in [0.1, 0.15) is 80.1 Å². The fourth-order valence-corrected chi connectivity index (χ4v) is 3.33. The van der Waals surface area contributed by atoms with Crippen molar-refractivity contribution in [1.29, 1.82) is 0 Å². The molecule has 0 saturated heterocycles. The van der Waals surface area contributed by atoms with Gasteiger partial charge in [0.1, 0.15) is 17.2 Å². The van der Waals surface area contributed by atoms with Gasteiger partial charge in [0.2, 0.25) is 5.91 Å². The van der Waals surface area contributed by atoms with Crippen molar-refractivity contribution >= 4 is 18.0 Å². The van der Waals surface area contributed by atoms with Gasteiger partial charge in [-0.1, -0.05) is 40.0 Å². The van der Waals surface area contributed by atoms with E-state index in [4.69, 9.17) is 9.47 Å². The SMILES string of the molecule is COC(=O)C1(NC(=O)[C@@H](CC(C)(C)C)NC(=O)OC(C)(C)C)CCCCC1. The number of amides is 2. The molecule has 2 N–H and O–H groups in total. The van der Waals surface area contributed by atoms with Crippen molar-refractivity contribution in [3.63, 3.8) is 0 Å². The predicted molar refractivity (Wildman–Crippen MR) is 103 cm³/mol. The molecule has 7 nitrogen and oxygen atoms in total. The van der Waals surface area contributed by atoms with Crippen LogP contribution in [0.25, 0.3) is 0 Å². The first kappa shape index (κ1) is 23.2. The first-order valence-electron chi connectivity index (χ1n) is 9.68. The lowest BCUT2D eigenvalue weighted by atomic mass is 9.81. The third-order valence-electron chi connectivity index (χ3n) is 4.47. The van der Waals surface area contributed by atoms with E-state index in [1.165, 1.54) is 7.11 Å². The molecule has 0 aromatic rings. The molecule has 27 heavy (non-hydrogen) atoms. The minimum atomic E-state index is -1.02. The zero-order valence-corrected chi connectivity index (χ0v) is 17.9. The van der Waals surface area contributed by atoms with Crippen LogP contribution in [0.2, 0.25) is 0 Å². The quantitative estimate of drug-likeness (QED) is 0.709. The standard InChI is InChI=1S/C20H36N2O5/c1-18(2,3)13-14(21-17(25)27-19(4,5)6)15(23)22-20(16(24)26-7)11-9-8-10-12-20/h14H,8-13H2,1-7H3,(H,21,25)(H,22,23)/t14-/m1/s1. The molecular weight excluding hydrogens is 348 g/mol. The van der Waals surface area contributed by atoms with Gasteiger partial charge in [-0.2, -0.15) is 0 Å². The van der Waals surface area contributed by atoms with Crippen LogP contribution in [0.15, 0.2) is 0 Å². The van der Waals surface area contributed by atoms with Crippen molar-refractivity contribution in [3.8, 4) is 0 Å². The van der Waals surface area contributed by atoms with Crippen LogP contribution in [0.3, 0.4) is 0 Å². The summed E-state index contributed by atoms with van der Waals surface area (Å²) in [6.45, 7) is 11.3. The molecule has 1 fully saturated rings. The lowest BCUT2D eigenvalue weighted by Crippen LogP contribution is -2.61. The average molecular weight is 385 g/mol. The molecule has 1 atom stereocenters. The Morgan fingerprint density at radius 1 is 1.00 bits per heavy atom. The minimum Gasteiger partial charge on any atom is -0.467 e. The van der Waals surface area contributed by atoms with Crippen LogP contribution < -0.4 is 10.6 Å². The number of ether oxygens (including phenoxy) is 2. The second-order valence-electron chi connectivity index (χ2n) is 9.59. The normalized spacial score (nSPS) is 18.2. The largest absolute Gasteiger partial charge is 0.467 e. The van der Waals surface area contributed by atoms with Crippen molar-refractivity contribution in [2.75, 3.05) is 7.11 Å². The summed E-state index contributed by atoms with van der Waals surface area (Å²) in [5, 5.41) is 5.56. The van der Waals surface area contributed by atoms with Crippen LogP contribution in [0, 0.1) is 5.41 Å². The van der Waals surface area contributed by atoms with Gasteiger partial charge in [-0.25, -0.2) is 9.59 Å². The molecule has 2 amide bonds. The van der Waals surface area contributed by atoms with Crippen LogP contribution in [-0.4, -0.2) is 42.3 Å². The molecule has 0 heterocycles. The predicted octanol–water partition coefficient (Wildman–Crippen LogP) is 3.31. The minimum absolute atomic E-state index is 0.206. The summed E-state index contributed by atoms with van der Waals surface area (Å²) in [5.41, 5.74) is -1.89. The van der Waals surface area contributed by atoms with E-state index in [2.05, 4.69) is 10.6 Å². The second kappa shape index (κ2) is 8.93. The molecule has 0 aromatic carbocycles. The van der Waals surface area contributed by atoms with E-state index in [0.717, 1.165) is 19.3 Å². The molecule has 156 valence electrons. The van der Waals surface area contributed by atoms with E-state index < -0.39 is 29.2 Å². The Balaban J connectivity index is 2.97. The van der Waals surface area contributed by atoms with Gasteiger partial charge >= 0.3 is 12.1 Å². The van der Waals surface area contributed by atoms with Crippen LogP contribution in [0.5, 0.6) is 0 Å². The van der Waals surface area contributed by atoms with Gasteiger partial charge in [-0.15, -0.1) is 0 Å². The number of hydrogen-bond donors (Lipinski definition) is 2. The van der Waals surface area contributed by atoms with Gasteiger partial charge in [0.25, 0.3) is 0 Å². The van der Waals surface area contributed by atoms with E-state index in [-0.39, 0.29) is 11.3 Å². The molecule has 1 aliphatic carbocycles. The molecule has 0 unspecified atom stereocenters. The van der Waals surface area contributed by atoms with Crippen LogP contribution >= 0.6 is 0 Å². The van der Waals surface area contributed by atoms with Crippen LogP contribution in [0.4, 0.5) is 4.79 Å². The Hall–Kier alpha value is -1.79. The van der Waals surface area contributed by atoms with E-state index >= 15 is 0 Å². The van der Waals surface area contributed by atoms with Crippen molar-refractivity contribution in [2.45, 2.75) is 97.2 Å². The summed E-state index contributed by atoms with van der Waals surface area (Å²) in [6, 6.07) is -0.802. The summed E-state index contributed by atoms with van der Waals surface area (Å²) >= 11 is 0. The Labute approximate surface area is 162 Å². The number of carbonyl (C=O) groups is 3. The third kappa shape index (κ3) is 7.77. The monoisotopic (exact) mass is 384 g/mol. The summed E-state index contributed by atoms with van der Waals surface area (Å²) in [4.78, 5) is 37.6. The Morgan fingerprint density at radius 3 is 2.00 bits per heavy atom. The third-order valence-corrected chi connectivity index (χ3v) is 4.47. The molecule has 1 aliphatic rings. The fraction of sp³-hybridized carbons (Fsp3) is 0.850. The molecule has 1 rings (SSSR count). The van der Waals surface area contributed by atoms with Gasteiger partial charge in [0, 0.05) is 0 Å². The molecule has 0 aromatic heterocycles. The number of carbonyl (C=O) groups excluding carboxylic acids is 3. The van der Waals surface area contributed by atoms with E-state index in [0.29, 0.717) is 19.3 Å². The van der Waals surface area contributed by atoms with Crippen molar-refractivity contribution in [3.05, 3.63) is 0 Å². The molecular formula is C20H36N2O5. The summed E-state index contributed by atoms with van der Waals surface area (Å²) in [6.07, 6.45) is 3.56. The van der Waals surface area contributed by atoms with Gasteiger partial charge in [-0.3, -0.25) is 4.79 Å². The van der Waals surface area contributed by atoms with E-state index in [1.807, 2.05) is 20.8 Å². The van der Waals surface area contributed by atoms with Crippen LogP contribution in [-0.2, 0) is 19.1 Å². The number of rotatable bonds is 5. The Kier molecular flexibility index (Phi) is 7.69. The van der Waals surface area contributed by atoms with Crippen molar-refractivity contribution in [1.82, 2.24) is 10.6 Å². The molecule has 0 aliphatic heterocycles. The molecule has 0 bridgehead atoms. The summed E-state index contributed by atoms with van der Waals surface area (Å²) < 4.78 is 10.3. The summed E-state index contributed by atoms with van der Waals surface area (Å²) in [7, 11) is 1.33. The maximum absolute atomic E-state index is 13.0. The van der Waals surface area contributed by atoms with Gasteiger partial charge in [0.15, 0.2) is 0 Å². The zero-order chi connectivity index (χ0) is 20.9. The highest BCUT2D eigenvalue weighted by atomic mass is 16.6. The molecule has 0 radical (unpaired) electrons. The first-order chi connectivity index (χ1) is 12.3. The highest BCUT2D eigenvalue weighted by Crippen LogP contribution is 2.30. The highest BCUT2D eigenvalue weighted by Gasteiger charge is 2.43. The fourth-order valence-electron chi connectivity index (χ4n) is 3.33. The number of hydrogen-bond acceptors (Lipinski definition) is 5. The maximum atomic E-state index is 13.0. The number of methoxy groups -OCH3 is 1. The van der Waals surface area contributed by atoms with E-state index in [1.54, 1.807) is 20.8 Å². The molecule has 7 heteroatoms. The van der Waals surface area contributed by atoms with Crippen molar-refractivity contribution in [2.24, 2.45) is 5.41 Å². The topological polar surface area (TPSA) is 93.7 Å². The molecule has 1 saturated carbocycles. The van der Waals surface area contributed by atoms with Gasteiger partial charge in [-0.05, 0) is 45.4 Å². The first-order valence-corrected chi connectivity index (χ1v) is 9.68. The lowest BCUT2D eigenvalue weighted by molar-refractivity contribution is -0.153. The maximum Gasteiger partial charge on any atom is 0.408 e. The number of alkyl carbamates (subject to hydrolysis) is 1. The van der Waals surface area contributed by atoms with Gasteiger partial charge < -0.3 is 20.1 Å². The Morgan fingerprint density at radius 2 is 1.56 bits per heavy atom. The second-order valence-corrected chi connectivity index (χ2v) is 9.59. The van der Waals surface area contributed by atoms with Gasteiger partial charge in [0.05, 0.1) is 7.11 Å². The average Bonchev–Trinajstić information content (AvgIpc) is 2.51. The van der Waals surface area contributed by atoms with E-state index in [9.17, 15) is 14.4 Å². The molecule has 0 spiro atoms. The lowest BCUT2D eigenvalue weighted by Gasteiger charge is -2.37. The number of nitrogens with one attached hydrogen (secondary N) is 2. The van der Waals surface area contributed by atoms with Crippen molar-refractivity contribution < 1.29 is 23.9 Å². The smallest absolute Gasteiger partial charge is 0.408 e. The zero-order valence-electron chi connectivity index (χ0n) is 17.9.